The van der Waals surface area contributed by atoms with Gasteiger partial charge < -0.3 is 0 Å². The summed E-state index contributed by atoms with van der Waals surface area (Å²) in [5.74, 6) is 2.04. The highest BCUT2D eigenvalue weighted by atomic mass is 14.2. The van der Waals surface area contributed by atoms with Gasteiger partial charge in [-0.05, 0) is 11.8 Å². The molecule has 1 aliphatic carbocycles. The highest BCUT2D eigenvalue weighted by molar-refractivity contribution is 4.64. The van der Waals surface area contributed by atoms with E-state index < -0.39 is 0 Å². The molecule has 0 nitrogen and oxygen atoms in total. The number of hydrogen-bond acceptors (Lipinski definition) is 0. The van der Waals surface area contributed by atoms with E-state index in [9.17, 15) is 0 Å². The SMILES string of the molecule is CCCC1CCCCCCCC(C)CC1. The Hall–Kier alpha value is 0. The average molecular weight is 210 g/mol. The van der Waals surface area contributed by atoms with Crippen LogP contribution in [0.2, 0.25) is 0 Å². The molecule has 2 atom stereocenters. The highest BCUT2D eigenvalue weighted by Gasteiger charge is 2.11. The number of hydrogen-bond donors (Lipinski definition) is 0. The fourth-order valence-electron chi connectivity index (χ4n) is 2.96. The van der Waals surface area contributed by atoms with E-state index in [1.807, 2.05) is 0 Å². The minimum Gasteiger partial charge on any atom is -0.0654 e. The Kier molecular flexibility index (Phi) is 7.13. The van der Waals surface area contributed by atoms with Crippen LogP contribution in [0, 0.1) is 11.8 Å². The van der Waals surface area contributed by atoms with Gasteiger partial charge in [0.05, 0.1) is 0 Å². The van der Waals surface area contributed by atoms with Gasteiger partial charge in [0.25, 0.3) is 0 Å². The van der Waals surface area contributed by atoms with Crippen LogP contribution < -0.4 is 0 Å². The molecule has 0 bridgehead atoms. The fraction of sp³-hybridized carbons (Fsp3) is 1.00. The molecule has 1 saturated carbocycles. The largest absolute Gasteiger partial charge is 0.0654 e. The summed E-state index contributed by atoms with van der Waals surface area (Å²) in [6.45, 7) is 4.80. The molecule has 0 saturated heterocycles. The fourth-order valence-corrected chi connectivity index (χ4v) is 2.96. The Morgan fingerprint density at radius 1 is 0.800 bits per heavy atom. The van der Waals surface area contributed by atoms with Crippen LogP contribution in [0.3, 0.4) is 0 Å². The third-order valence-corrected chi connectivity index (χ3v) is 4.07. The van der Waals surface area contributed by atoms with Gasteiger partial charge in [-0.25, -0.2) is 0 Å². The van der Waals surface area contributed by atoms with Crippen molar-refractivity contribution in [3.8, 4) is 0 Å². The lowest BCUT2D eigenvalue weighted by Crippen LogP contribution is -2.03. The lowest BCUT2D eigenvalue weighted by Gasteiger charge is -2.17. The predicted octanol–water partition coefficient (Wildman–Crippen LogP) is 5.56. The zero-order valence-electron chi connectivity index (χ0n) is 10.9. The second-order valence-corrected chi connectivity index (χ2v) is 5.68. The van der Waals surface area contributed by atoms with Gasteiger partial charge in [0.15, 0.2) is 0 Å². The molecule has 0 radical (unpaired) electrons. The first-order valence-corrected chi connectivity index (χ1v) is 7.33. The van der Waals surface area contributed by atoms with Crippen molar-refractivity contribution in [1.82, 2.24) is 0 Å². The van der Waals surface area contributed by atoms with Crippen molar-refractivity contribution in [2.75, 3.05) is 0 Å². The lowest BCUT2D eigenvalue weighted by atomic mass is 9.89. The molecular weight excluding hydrogens is 180 g/mol. The molecular formula is C15H30. The predicted molar refractivity (Wildman–Crippen MR) is 69.1 cm³/mol. The van der Waals surface area contributed by atoms with Crippen molar-refractivity contribution >= 4 is 0 Å². The van der Waals surface area contributed by atoms with Crippen LogP contribution in [-0.2, 0) is 0 Å². The molecule has 0 N–H and O–H groups in total. The van der Waals surface area contributed by atoms with E-state index in [4.69, 9.17) is 0 Å². The van der Waals surface area contributed by atoms with Crippen LogP contribution in [0.25, 0.3) is 0 Å². The summed E-state index contributed by atoms with van der Waals surface area (Å²) < 4.78 is 0. The number of rotatable bonds is 2. The maximum absolute atomic E-state index is 2.46. The van der Waals surface area contributed by atoms with Gasteiger partial charge in [-0.2, -0.15) is 0 Å². The molecule has 90 valence electrons. The van der Waals surface area contributed by atoms with Crippen molar-refractivity contribution in [2.45, 2.75) is 84.5 Å². The molecule has 0 heteroatoms. The molecule has 1 aliphatic rings. The van der Waals surface area contributed by atoms with Crippen LogP contribution in [0.1, 0.15) is 84.5 Å². The molecule has 2 unspecified atom stereocenters. The molecule has 1 rings (SSSR count). The van der Waals surface area contributed by atoms with Crippen molar-refractivity contribution in [3.05, 3.63) is 0 Å². The summed E-state index contributed by atoms with van der Waals surface area (Å²) in [5, 5.41) is 0. The van der Waals surface area contributed by atoms with Gasteiger partial charge in [0, 0.05) is 0 Å². The molecule has 0 aliphatic heterocycles. The second kappa shape index (κ2) is 8.19. The van der Waals surface area contributed by atoms with E-state index in [1.54, 1.807) is 0 Å². The summed E-state index contributed by atoms with van der Waals surface area (Å²) >= 11 is 0. The van der Waals surface area contributed by atoms with Gasteiger partial charge in [0.2, 0.25) is 0 Å². The van der Waals surface area contributed by atoms with Crippen molar-refractivity contribution in [1.29, 1.82) is 0 Å². The molecule has 1 fully saturated rings. The summed E-state index contributed by atoms with van der Waals surface area (Å²) in [6, 6.07) is 0. The topological polar surface area (TPSA) is 0 Å². The summed E-state index contributed by atoms with van der Waals surface area (Å²) in [7, 11) is 0. The minimum atomic E-state index is 0.988. The third kappa shape index (κ3) is 6.22. The van der Waals surface area contributed by atoms with Crippen LogP contribution in [-0.4, -0.2) is 0 Å². The molecule has 0 aromatic rings. The van der Waals surface area contributed by atoms with Gasteiger partial charge in [-0.3, -0.25) is 0 Å². The molecule has 0 spiro atoms. The summed E-state index contributed by atoms with van der Waals surface area (Å²) in [4.78, 5) is 0. The molecule has 15 heavy (non-hydrogen) atoms. The Labute approximate surface area is 96.8 Å². The van der Waals surface area contributed by atoms with Crippen LogP contribution in [0.15, 0.2) is 0 Å². The second-order valence-electron chi connectivity index (χ2n) is 5.68. The monoisotopic (exact) mass is 210 g/mol. The average Bonchev–Trinajstić information content (AvgIpc) is 2.27. The van der Waals surface area contributed by atoms with Crippen LogP contribution >= 0.6 is 0 Å². The van der Waals surface area contributed by atoms with Crippen molar-refractivity contribution in [3.63, 3.8) is 0 Å². The zero-order valence-corrected chi connectivity index (χ0v) is 10.9. The third-order valence-electron chi connectivity index (χ3n) is 4.07. The zero-order chi connectivity index (χ0) is 10.9. The normalized spacial score (nSPS) is 30.8. The van der Waals surface area contributed by atoms with Gasteiger partial charge in [-0.15, -0.1) is 0 Å². The minimum absolute atomic E-state index is 0.988. The Morgan fingerprint density at radius 3 is 2.20 bits per heavy atom. The lowest BCUT2D eigenvalue weighted by molar-refractivity contribution is 0.354. The molecule has 0 heterocycles. The molecule has 0 aromatic heterocycles. The molecule has 0 amide bonds. The van der Waals surface area contributed by atoms with Crippen LogP contribution in [0.5, 0.6) is 0 Å². The van der Waals surface area contributed by atoms with E-state index in [2.05, 4.69) is 13.8 Å². The van der Waals surface area contributed by atoms with Crippen molar-refractivity contribution < 1.29 is 0 Å². The van der Waals surface area contributed by atoms with Crippen LogP contribution in [0.4, 0.5) is 0 Å². The van der Waals surface area contributed by atoms with Gasteiger partial charge in [-0.1, -0.05) is 84.5 Å². The molecule has 0 aromatic carbocycles. The maximum atomic E-state index is 2.46. The Bertz CT molecular complexity index is 139. The van der Waals surface area contributed by atoms with E-state index in [-0.39, 0.29) is 0 Å². The standard InChI is InChI=1S/C15H30/c1-3-9-15-11-8-6-4-5-7-10-14(2)12-13-15/h14-15H,3-13H2,1-2H3. The summed E-state index contributed by atoms with van der Waals surface area (Å²) in [5.41, 5.74) is 0. The maximum Gasteiger partial charge on any atom is -0.0414 e. The summed E-state index contributed by atoms with van der Waals surface area (Å²) in [6.07, 6.45) is 16.3. The first kappa shape index (κ1) is 13.1. The van der Waals surface area contributed by atoms with Crippen molar-refractivity contribution in [2.24, 2.45) is 11.8 Å². The first-order valence-electron chi connectivity index (χ1n) is 7.33. The smallest absolute Gasteiger partial charge is 0.0414 e. The Morgan fingerprint density at radius 2 is 1.47 bits per heavy atom. The van der Waals surface area contributed by atoms with E-state index in [1.165, 1.54) is 70.6 Å². The Balaban J connectivity index is 2.30. The van der Waals surface area contributed by atoms with Gasteiger partial charge in [0.1, 0.15) is 0 Å². The van der Waals surface area contributed by atoms with E-state index in [0.29, 0.717) is 0 Å². The quantitative estimate of drug-likeness (QED) is 0.559. The van der Waals surface area contributed by atoms with E-state index in [0.717, 1.165) is 11.8 Å². The first-order chi connectivity index (χ1) is 7.33. The van der Waals surface area contributed by atoms with E-state index >= 15 is 0 Å². The van der Waals surface area contributed by atoms with Gasteiger partial charge >= 0.3 is 0 Å². The highest BCUT2D eigenvalue weighted by Crippen LogP contribution is 2.26.